The van der Waals surface area contributed by atoms with Gasteiger partial charge in [-0.15, -0.1) is 0 Å². The van der Waals surface area contributed by atoms with Gasteiger partial charge in [-0.25, -0.2) is 8.51 Å². The molecule has 0 spiro atoms. The summed E-state index contributed by atoms with van der Waals surface area (Å²) in [6.07, 6.45) is 12.9. The molecule has 2 unspecified atom stereocenters. The van der Waals surface area contributed by atoms with Crippen LogP contribution in [-0.2, 0) is 22.5 Å². The molecule has 3 fully saturated rings. The van der Waals surface area contributed by atoms with Crippen molar-refractivity contribution in [1.82, 2.24) is 28.3 Å². The molecule has 4 aliphatic rings. The van der Waals surface area contributed by atoms with Crippen LogP contribution in [0.1, 0.15) is 108 Å². The Balaban J connectivity index is 1.35. The molecule has 1 N–H and O–H groups in total. The SMILES string of the molecule is COc1ccc2c(c1)C=C(c1c(C(=O)N3CCOC(C)C3)cnn1C1CCC1)Cn1c-2c(C2CCCCC2)c2ccc(C(=O)NS(=O)N(C)C)cc21. The lowest BCUT2D eigenvalue weighted by atomic mass is 9.81. The normalized spacial score (nSPS) is 20.1. The first kappa shape index (κ1) is 34.8. The standard InChI is InChI=1S/C40H48N6O5S/c1-25-23-44(17-18-51-25)40(48)34-22-41-46(30-11-8-12-30)37(34)29-19-28-20-31(50-4)14-16-32(28)38-36(26-9-6-5-7-10-26)33-15-13-27(21-35(33)45(38)24-29)39(47)42-52(49)43(2)3/h13-16,19-22,25-26,30H,5-12,17-18,23-24H2,1-4H3,(H,42,47). The highest BCUT2D eigenvalue weighted by Crippen LogP contribution is 2.48. The molecule has 11 nitrogen and oxygen atoms in total. The Morgan fingerprint density at radius 3 is 2.54 bits per heavy atom. The van der Waals surface area contributed by atoms with Gasteiger partial charge >= 0.3 is 0 Å². The zero-order valence-electron chi connectivity index (χ0n) is 30.5. The van der Waals surface area contributed by atoms with Gasteiger partial charge in [0.2, 0.25) is 0 Å². The monoisotopic (exact) mass is 724 g/mol. The minimum Gasteiger partial charge on any atom is -0.497 e. The van der Waals surface area contributed by atoms with Crippen LogP contribution in [0.25, 0.3) is 33.8 Å². The molecule has 2 aromatic carbocycles. The van der Waals surface area contributed by atoms with Gasteiger partial charge in [-0.1, -0.05) is 25.3 Å². The highest BCUT2D eigenvalue weighted by Gasteiger charge is 2.35. The van der Waals surface area contributed by atoms with Crippen molar-refractivity contribution >= 4 is 45.5 Å². The third kappa shape index (κ3) is 6.28. The molecule has 2 aromatic heterocycles. The number of rotatable bonds is 8. The molecule has 52 heavy (non-hydrogen) atoms. The van der Waals surface area contributed by atoms with Crippen molar-refractivity contribution in [2.75, 3.05) is 40.9 Å². The van der Waals surface area contributed by atoms with Crippen molar-refractivity contribution < 1.29 is 23.3 Å². The number of methoxy groups -OCH3 is 1. The molecule has 2 aliphatic carbocycles. The number of allylic oxidation sites excluding steroid dienone is 1. The number of benzene rings is 2. The van der Waals surface area contributed by atoms with E-state index in [0.717, 1.165) is 76.8 Å². The fourth-order valence-corrected chi connectivity index (χ4v) is 8.94. The van der Waals surface area contributed by atoms with Gasteiger partial charge in [-0.2, -0.15) is 5.10 Å². The number of carbonyl (C=O) groups excluding carboxylic acids is 2. The number of carbonyl (C=O) groups is 2. The number of morpholine rings is 1. The van der Waals surface area contributed by atoms with Crippen LogP contribution >= 0.6 is 0 Å². The number of aromatic nitrogens is 3. The summed E-state index contributed by atoms with van der Waals surface area (Å²) in [7, 11) is 5.02. The summed E-state index contributed by atoms with van der Waals surface area (Å²) in [6, 6.07) is 12.4. The molecule has 4 heterocycles. The van der Waals surface area contributed by atoms with Crippen LogP contribution in [0.15, 0.2) is 42.6 Å². The molecular weight excluding hydrogens is 677 g/mol. The van der Waals surface area contributed by atoms with Crippen LogP contribution < -0.4 is 9.46 Å². The number of nitrogens with zero attached hydrogens (tertiary/aromatic N) is 5. The van der Waals surface area contributed by atoms with Gasteiger partial charge in [0.05, 0.1) is 55.6 Å². The minimum atomic E-state index is -1.66. The molecule has 2 saturated carbocycles. The maximum absolute atomic E-state index is 14.4. The van der Waals surface area contributed by atoms with Gasteiger partial charge in [0.25, 0.3) is 11.8 Å². The topological polar surface area (TPSA) is 111 Å². The Bertz CT molecular complexity index is 2090. The highest BCUT2D eigenvalue weighted by molar-refractivity contribution is 7.81. The van der Waals surface area contributed by atoms with Crippen LogP contribution in [0.5, 0.6) is 5.75 Å². The van der Waals surface area contributed by atoms with E-state index in [0.29, 0.717) is 43.3 Å². The fraction of sp³-hybridized carbons (Fsp3) is 0.475. The van der Waals surface area contributed by atoms with E-state index >= 15 is 0 Å². The van der Waals surface area contributed by atoms with Gasteiger partial charge in [-0.05, 0) is 98.1 Å². The van der Waals surface area contributed by atoms with Crippen molar-refractivity contribution in [2.45, 2.75) is 82.9 Å². The number of amides is 2. The number of hydrogen-bond acceptors (Lipinski definition) is 6. The smallest absolute Gasteiger partial charge is 0.264 e. The fourth-order valence-electron chi connectivity index (χ4n) is 8.48. The first-order chi connectivity index (χ1) is 25.2. The Labute approximate surface area is 307 Å². The average molecular weight is 725 g/mol. The van der Waals surface area contributed by atoms with E-state index in [9.17, 15) is 13.8 Å². The summed E-state index contributed by atoms with van der Waals surface area (Å²) >= 11 is -1.66. The van der Waals surface area contributed by atoms with Crippen molar-refractivity contribution in [3.05, 3.63) is 70.5 Å². The largest absolute Gasteiger partial charge is 0.497 e. The van der Waals surface area contributed by atoms with Gasteiger partial charge in [-0.3, -0.25) is 19.0 Å². The summed E-state index contributed by atoms with van der Waals surface area (Å²) in [6.45, 7) is 4.06. The number of hydrogen-bond donors (Lipinski definition) is 1. The van der Waals surface area contributed by atoms with Crippen LogP contribution in [-0.4, -0.2) is 86.6 Å². The Hall–Kier alpha value is -4.26. The summed E-state index contributed by atoms with van der Waals surface area (Å²) in [5, 5.41) is 6.05. The van der Waals surface area contributed by atoms with Gasteiger partial charge < -0.3 is 18.9 Å². The van der Waals surface area contributed by atoms with Crippen LogP contribution in [0, 0.1) is 0 Å². The van der Waals surface area contributed by atoms with E-state index < -0.39 is 17.1 Å². The first-order valence-electron chi connectivity index (χ1n) is 18.7. The zero-order chi connectivity index (χ0) is 36.1. The van der Waals surface area contributed by atoms with E-state index in [1.165, 1.54) is 29.1 Å². The minimum absolute atomic E-state index is 0.0277. The molecule has 274 valence electrons. The van der Waals surface area contributed by atoms with E-state index in [2.05, 4.69) is 38.2 Å². The number of nitrogens with one attached hydrogen (secondary N) is 1. The zero-order valence-corrected chi connectivity index (χ0v) is 31.3. The van der Waals surface area contributed by atoms with Crippen LogP contribution in [0.3, 0.4) is 0 Å². The number of fused-ring (bicyclic) bond motifs is 5. The molecule has 8 rings (SSSR count). The van der Waals surface area contributed by atoms with Crippen molar-refractivity contribution in [2.24, 2.45) is 0 Å². The lowest BCUT2D eigenvalue weighted by Gasteiger charge is -2.32. The predicted octanol–water partition coefficient (Wildman–Crippen LogP) is 6.57. The Morgan fingerprint density at radius 1 is 1.02 bits per heavy atom. The quantitative estimate of drug-likeness (QED) is 0.220. The van der Waals surface area contributed by atoms with Crippen molar-refractivity contribution in [1.29, 1.82) is 0 Å². The molecule has 2 atom stereocenters. The van der Waals surface area contributed by atoms with E-state index in [1.54, 1.807) is 27.4 Å². The van der Waals surface area contributed by atoms with Gasteiger partial charge in [0, 0.05) is 49.2 Å². The maximum Gasteiger partial charge on any atom is 0.264 e. The second-order valence-electron chi connectivity index (χ2n) is 14.9. The van der Waals surface area contributed by atoms with Crippen molar-refractivity contribution in [3.63, 3.8) is 0 Å². The molecular formula is C40H48N6O5S. The second kappa shape index (κ2) is 14.3. The third-order valence-electron chi connectivity index (χ3n) is 11.3. The Kier molecular flexibility index (Phi) is 9.56. The summed E-state index contributed by atoms with van der Waals surface area (Å²) < 4.78 is 32.7. The molecule has 0 radical (unpaired) electrons. The molecule has 2 aliphatic heterocycles. The first-order valence-corrected chi connectivity index (χ1v) is 19.8. The maximum atomic E-state index is 14.4. The number of ether oxygens (including phenoxy) is 2. The molecule has 1 saturated heterocycles. The van der Waals surface area contributed by atoms with E-state index in [-0.39, 0.29) is 18.1 Å². The Morgan fingerprint density at radius 2 is 1.83 bits per heavy atom. The van der Waals surface area contributed by atoms with Crippen LogP contribution in [0.4, 0.5) is 0 Å². The van der Waals surface area contributed by atoms with Gasteiger partial charge in [0.15, 0.2) is 11.2 Å². The molecule has 4 aromatic rings. The summed E-state index contributed by atoms with van der Waals surface area (Å²) in [4.78, 5) is 29.8. The second-order valence-corrected chi connectivity index (χ2v) is 16.3. The highest BCUT2D eigenvalue weighted by atomic mass is 32.2. The lowest BCUT2D eigenvalue weighted by Crippen LogP contribution is -2.44. The van der Waals surface area contributed by atoms with Gasteiger partial charge in [0.1, 0.15) is 5.75 Å². The third-order valence-corrected chi connectivity index (χ3v) is 12.4. The van der Waals surface area contributed by atoms with E-state index in [4.69, 9.17) is 14.6 Å². The van der Waals surface area contributed by atoms with E-state index in [1.807, 2.05) is 30.0 Å². The predicted molar refractivity (Wildman–Crippen MR) is 203 cm³/mol. The lowest BCUT2D eigenvalue weighted by molar-refractivity contribution is -0.0124. The molecule has 12 heteroatoms. The molecule has 0 bridgehead atoms. The molecule has 2 amide bonds. The van der Waals surface area contributed by atoms with Crippen molar-refractivity contribution in [3.8, 4) is 17.0 Å². The van der Waals surface area contributed by atoms with Crippen LogP contribution in [0.2, 0.25) is 0 Å². The average Bonchev–Trinajstić information content (AvgIpc) is 3.64. The summed E-state index contributed by atoms with van der Waals surface area (Å²) in [5.41, 5.74) is 8.40. The summed E-state index contributed by atoms with van der Waals surface area (Å²) in [5.74, 6) is 0.705.